The van der Waals surface area contributed by atoms with Crippen LogP contribution in [0.3, 0.4) is 0 Å². The predicted octanol–water partition coefficient (Wildman–Crippen LogP) is 6.29. The molecule has 0 fully saturated rings. The molecule has 0 aliphatic rings. The Labute approximate surface area is 162 Å². The Hall–Kier alpha value is -0.610. The maximum Gasteiger partial charge on any atom is 0.303 e. The van der Waals surface area contributed by atoms with Gasteiger partial charge in [-0.1, -0.05) is 111 Å². The Morgan fingerprint density at radius 1 is 0.654 bits per heavy atom. The first kappa shape index (κ1) is 27.6. The number of aliphatic carboxylic acids is 1. The van der Waals surface area contributed by atoms with Gasteiger partial charge in [0.2, 0.25) is 0 Å². The van der Waals surface area contributed by atoms with Gasteiger partial charge in [0.1, 0.15) is 0 Å². The van der Waals surface area contributed by atoms with Crippen molar-refractivity contribution < 1.29 is 20.1 Å². The third kappa shape index (κ3) is 28.2. The van der Waals surface area contributed by atoms with E-state index < -0.39 is 12.3 Å². The van der Waals surface area contributed by atoms with Crippen molar-refractivity contribution in [3.63, 3.8) is 0 Å². The average molecular weight is 375 g/mol. The van der Waals surface area contributed by atoms with E-state index in [0.717, 1.165) is 12.8 Å². The molecule has 0 atom stereocenters. The Bertz CT molecular complexity index is 271. The molecule has 0 spiro atoms. The van der Waals surface area contributed by atoms with E-state index in [4.69, 9.17) is 15.3 Å². The van der Waals surface area contributed by atoms with E-state index in [1.165, 1.54) is 83.5 Å². The van der Waals surface area contributed by atoms with E-state index in [1.54, 1.807) is 13.8 Å². The highest BCUT2D eigenvalue weighted by Crippen LogP contribution is 2.13. The number of carbonyl (C=O) groups is 1. The molecule has 0 aromatic carbocycles. The van der Waals surface area contributed by atoms with Crippen LogP contribution >= 0.6 is 0 Å². The number of aliphatic hydroxyl groups excluding tert-OH is 1. The van der Waals surface area contributed by atoms with Crippen molar-refractivity contribution in [2.45, 2.75) is 130 Å². The van der Waals surface area contributed by atoms with Crippen LogP contribution < -0.4 is 0 Å². The summed E-state index contributed by atoms with van der Waals surface area (Å²) in [5.41, 5.74) is 0. The number of aliphatic hydroxyl groups is 2. The van der Waals surface area contributed by atoms with Crippen molar-refractivity contribution in [2.75, 3.05) is 0 Å². The molecule has 0 radical (unpaired) electrons. The Balaban J connectivity index is 0. The summed E-state index contributed by atoms with van der Waals surface area (Å²) in [5, 5.41) is 24.9. The zero-order chi connectivity index (χ0) is 20.0. The fourth-order valence-corrected chi connectivity index (χ4v) is 2.65. The SMILES string of the molecule is CC(C)C(O)O.CCCCCCCCCCCCCCCCCC(=O)O. The second kappa shape index (κ2) is 22.4. The molecule has 3 N–H and O–H groups in total. The minimum atomic E-state index is -1.15. The molecule has 0 rings (SSSR count). The van der Waals surface area contributed by atoms with Crippen LogP contribution in [-0.4, -0.2) is 27.6 Å². The van der Waals surface area contributed by atoms with Gasteiger partial charge in [0, 0.05) is 12.3 Å². The Morgan fingerprint density at radius 3 is 1.15 bits per heavy atom. The summed E-state index contributed by atoms with van der Waals surface area (Å²) in [5.74, 6) is -0.690. The third-order valence-corrected chi connectivity index (χ3v) is 4.59. The van der Waals surface area contributed by atoms with Crippen LogP contribution in [0, 0.1) is 5.92 Å². The second-order valence-electron chi connectivity index (χ2n) is 7.75. The largest absolute Gasteiger partial charge is 0.481 e. The molecular formula is C22H46O4. The van der Waals surface area contributed by atoms with Gasteiger partial charge in [-0.05, 0) is 6.42 Å². The van der Waals surface area contributed by atoms with Gasteiger partial charge in [-0.3, -0.25) is 4.79 Å². The lowest BCUT2D eigenvalue weighted by molar-refractivity contribution is -0.137. The van der Waals surface area contributed by atoms with Crippen LogP contribution in [0.5, 0.6) is 0 Å². The number of carboxylic acid groups (broad SMARTS) is 1. The van der Waals surface area contributed by atoms with Crippen molar-refractivity contribution in [1.29, 1.82) is 0 Å². The maximum atomic E-state index is 10.3. The minimum Gasteiger partial charge on any atom is -0.481 e. The first-order chi connectivity index (χ1) is 12.4. The van der Waals surface area contributed by atoms with Gasteiger partial charge >= 0.3 is 5.97 Å². The fraction of sp³-hybridized carbons (Fsp3) is 0.955. The molecule has 0 saturated carbocycles. The van der Waals surface area contributed by atoms with Crippen molar-refractivity contribution >= 4 is 5.97 Å². The van der Waals surface area contributed by atoms with E-state index in [2.05, 4.69) is 6.92 Å². The zero-order valence-corrected chi connectivity index (χ0v) is 17.7. The van der Waals surface area contributed by atoms with E-state index in [9.17, 15) is 4.79 Å². The maximum absolute atomic E-state index is 10.3. The summed E-state index contributed by atoms with van der Waals surface area (Å²) >= 11 is 0. The molecule has 0 saturated heterocycles. The summed E-state index contributed by atoms with van der Waals surface area (Å²) in [6.45, 7) is 5.75. The summed E-state index contributed by atoms with van der Waals surface area (Å²) in [6.07, 6.45) is 19.1. The highest BCUT2D eigenvalue weighted by atomic mass is 16.5. The van der Waals surface area contributed by atoms with Crippen LogP contribution in [0.15, 0.2) is 0 Å². The Kier molecular flexibility index (Phi) is 23.8. The quantitative estimate of drug-likeness (QED) is 0.207. The standard InChI is InChI=1S/C18H36O2.C4H10O2/c1-2-3-4-5-6-7-8-9-10-11-12-13-14-15-16-17-18(19)20;1-3(2)4(5)6/h2-17H2,1H3,(H,19,20);3-6H,1-2H3. The fourth-order valence-electron chi connectivity index (χ4n) is 2.65. The molecular weight excluding hydrogens is 328 g/mol. The monoisotopic (exact) mass is 374 g/mol. The summed E-state index contributed by atoms with van der Waals surface area (Å²) in [4.78, 5) is 10.3. The molecule has 0 aromatic heterocycles. The highest BCUT2D eigenvalue weighted by molar-refractivity contribution is 5.66. The molecule has 4 heteroatoms. The van der Waals surface area contributed by atoms with Crippen molar-refractivity contribution in [1.82, 2.24) is 0 Å². The molecule has 158 valence electrons. The predicted molar refractivity (Wildman–Crippen MR) is 110 cm³/mol. The summed E-state index contributed by atoms with van der Waals surface area (Å²) in [7, 11) is 0. The van der Waals surface area contributed by atoms with Gasteiger partial charge < -0.3 is 15.3 Å². The van der Waals surface area contributed by atoms with Crippen LogP contribution in [-0.2, 0) is 4.79 Å². The van der Waals surface area contributed by atoms with Crippen molar-refractivity contribution in [2.24, 2.45) is 5.92 Å². The number of carboxylic acids is 1. The molecule has 0 bridgehead atoms. The average Bonchev–Trinajstić information content (AvgIpc) is 2.58. The van der Waals surface area contributed by atoms with Gasteiger partial charge in [-0.25, -0.2) is 0 Å². The lowest BCUT2D eigenvalue weighted by Crippen LogP contribution is -2.11. The molecule has 0 amide bonds. The highest BCUT2D eigenvalue weighted by Gasteiger charge is 2.00. The van der Waals surface area contributed by atoms with Crippen molar-refractivity contribution in [3.8, 4) is 0 Å². The second-order valence-corrected chi connectivity index (χ2v) is 7.75. The van der Waals surface area contributed by atoms with Crippen LogP contribution in [0.2, 0.25) is 0 Å². The number of unbranched alkanes of at least 4 members (excludes halogenated alkanes) is 14. The molecule has 26 heavy (non-hydrogen) atoms. The molecule has 0 heterocycles. The van der Waals surface area contributed by atoms with Gasteiger partial charge in [0.25, 0.3) is 0 Å². The molecule has 0 aliphatic heterocycles. The van der Waals surface area contributed by atoms with Crippen LogP contribution in [0.4, 0.5) is 0 Å². The first-order valence-corrected chi connectivity index (χ1v) is 11.0. The number of hydrogen-bond donors (Lipinski definition) is 3. The molecule has 0 aromatic rings. The van der Waals surface area contributed by atoms with Crippen LogP contribution in [0.25, 0.3) is 0 Å². The summed E-state index contributed by atoms with van der Waals surface area (Å²) in [6, 6.07) is 0. The topological polar surface area (TPSA) is 77.8 Å². The van der Waals surface area contributed by atoms with Gasteiger partial charge in [0.05, 0.1) is 0 Å². The van der Waals surface area contributed by atoms with Gasteiger partial charge in [0.15, 0.2) is 6.29 Å². The number of rotatable bonds is 17. The smallest absolute Gasteiger partial charge is 0.303 e. The Morgan fingerprint density at radius 2 is 0.923 bits per heavy atom. The number of hydrogen-bond acceptors (Lipinski definition) is 3. The first-order valence-electron chi connectivity index (χ1n) is 11.0. The van der Waals surface area contributed by atoms with E-state index in [-0.39, 0.29) is 5.92 Å². The van der Waals surface area contributed by atoms with Crippen LogP contribution in [0.1, 0.15) is 124 Å². The molecule has 4 nitrogen and oxygen atoms in total. The summed E-state index contributed by atoms with van der Waals surface area (Å²) < 4.78 is 0. The lowest BCUT2D eigenvalue weighted by Gasteiger charge is -2.03. The van der Waals surface area contributed by atoms with E-state index in [0.29, 0.717) is 6.42 Å². The zero-order valence-electron chi connectivity index (χ0n) is 17.7. The minimum absolute atomic E-state index is 0.0370. The molecule has 0 aliphatic carbocycles. The van der Waals surface area contributed by atoms with Gasteiger partial charge in [-0.15, -0.1) is 0 Å². The van der Waals surface area contributed by atoms with E-state index in [1.807, 2.05) is 0 Å². The third-order valence-electron chi connectivity index (χ3n) is 4.59. The molecule has 0 unspecified atom stereocenters. The lowest BCUT2D eigenvalue weighted by atomic mass is 10.0. The normalized spacial score (nSPS) is 10.9. The van der Waals surface area contributed by atoms with E-state index >= 15 is 0 Å². The van der Waals surface area contributed by atoms with Gasteiger partial charge in [-0.2, -0.15) is 0 Å². The van der Waals surface area contributed by atoms with Crippen molar-refractivity contribution in [3.05, 3.63) is 0 Å².